The second-order valence-electron chi connectivity index (χ2n) is 6.49. The average Bonchev–Trinajstić information content (AvgIpc) is 2.58. The van der Waals surface area contributed by atoms with Crippen molar-refractivity contribution in [1.29, 1.82) is 0 Å². The number of nitrogens with zero attached hydrogens (tertiary/aromatic N) is 1. The average molecular weight is 241 g/mol. The number of hydrogen-bond acceptors (Lipinski definition) is 2. The highest BCUT2D eigenvalue weighted by molar-refractivity contribution is 5.80. The second kappa shape index (κ2) is 4.67. The van der Waals surface area contributed by atoms with Gasteiger partial charge in [-0.2, -0.15) is 0 Å². The molecule has 0 aromatic heterocycles. The van der Waals surface area contributed by atoms with E-state index in [0.29, 0.717) is 25.9 Å². The van der Waals surface area contributed by atoms with Gasteiger partial charge in [0.1, 0.15) is 0 Å². The van der Waals surface area contributed by atoms with Crippen LogP contribution in [-0.2, 0) is 9.59 Å². The number of aliphatic carboxylic acids is 1. The molecule has 1 saturated heterocycles. The summed E-state index contributed by atoms with van der Waals surface area (Å²) in [7, 11) is 0. The Labute approximate surface area is 103 Å². The molecule has 98 valence electrons. The quantitative estimate of drug-likeness (QED) is 0.823. The third-order valence-corrected chi connectivity index (χ3v) is 3.43. The fourth-order valence-electron chi connectivity index (χ4n) is 1.99. The maximum Gasteiger partial charge on any atom is 0.311 e. The van der Waals surface area contributed by atoms with E-state index >= 15 is 0 Å². The van der Waals surface area contributed by atoms with Gasteiger partial charge in [-0.3, -0.25) is 9.59 Å². The molecule has 0 spiro atoms. The number of likely N-dealkylation sites (tertiary alicyclic amines) is 1. The summed E-state index contributed by atoms with van der Waals surface area (Å²) in [5.41, 5.74) is -0.608. The van der Waals surface area contributed by atoms with Gasteiger partial charge in [-0.25, -0.2) is 0 Å². The van der Waals surface area contributed by atoms with E-state index in [1.54, 1.807) is 11.8 Å². The zero-order valence-corrected chi connectivity index (χ0v) is 11.2. The predicted molar refractivity (Wildman–Crippen MR) is 65.6 cm³/mol. The molecule has 0 saturated carbocycles. The minimum absolute atomic E-state index is 0.0879. The van der Waals surface area contributed by atoms with Crippen LogP contribution < -0.4 is 0 Å². The van der Waals surface area contributed by atoms with Gasteiger partial charge in [-0.15, -0.1) is 0 Å². The zero-order valence-electron chi connectivity index (χ0n) is 11.2. The maximum absolute atomic E-state index is 11.9. The lowest BCUT2D eigenvalue weighted by molar-refractivity contribution is -0.147. The molecule has 0 aliphatic carbocycles. The van der Waals surface area contributed by atoms with E-state index in [0.717, 1.165) is 6.42 Å². The number of amides is 1. The van der Waals surface area contributed by atoms with Crippen LogP contribution in [0.2, 0.25) is 0 Å². The summed E-state index contributed by atoms with van der Waals surface area (Å²) >= 11 is 0. The molecule has 1 heterocycles. The van der Waals surface area contributed by atoms with Crippen LogP contribution in [0, 0.1) is 10.8 Å². The molecule has 1 fully saturated rings. The minimum Gasteiger partial charge on any atom is -0.481 e. The lowest BCUT2D eigenvalue weighted by Gasteiger charge is -2.22. The molecule has 1 amide bonds. The van der Waals surface area contributed by atoms with E-state index < -0.39 is 11.4 Å². The Hall–Kier alpha value is -1.06. The van der Waals surface area contributed by atoms with Crippen LogP contribution in [0.3, 0.4) is 0 Å². The molecule has 0 aromatic rings. The number of carbonyl (C=O) groups excluding carboxylic acids is 1. The monoisotopic (exact) mass is 241 g/mol. The highest BCUT2D eigenvalue weighted by Crippen LogP contribution is 2.31. The minimum atomic E-state index is -0.802. The van der Waals surface area contributed by atoms with Crippen LogP contribution in [0.4, 0.5) is 0 Å². The van der Waals surface area contributed by atoms with Gasteiger partial charge >= 0.3 is 5.97 Å². The lowest BCUT2D eigenvalue weighted by atomic mass is 9.90. The highest BCUT2D eigenvalue weighted by atomic mass is 16.4. The molecule has 1 N–H and O–H groups in total. The SMILES string of the molecule is CC(C)(C)CCC(=O)N1CCC(C)(C(=O)O)C1. The van der Waals surface area contributed by atoms with E-state index in [4.69, 9.17) is 5.11 Å². The molecule has 0 bridgehead atoms. The number of carbonyl (C=O) groups is 2. The van der Waals surface area contributed by atoms with Crippen LogP contribution in [0.25, 0.3) is 0 Å². The van der Waals surface area contributed by atoms with Crippen LogP contribution in [0.1, 0.15) is 47.0 Å². The first-order valence-electron chi connectivity index (χ1n) is 6.15. The molecule has 17 heavy (non-hydrogen) atoms. The van der Waals surface area contributed by atoms with Gasteiger partial charge in [0.15, 0.2) is 0 Å². The van der Waals surface area contributed by atoms with Gasteiger partial charge in [0.2, 0.25) is 5.91 Å². The number of rotatable bonds is 3. The first kappa shape index (κ1) is 14.0. The Bertz CT molecular complexity index is 319. The zero-order chi connectivity index (χ0) is 13.3. The summed E-state index contributed by atoms with van der Waals surface area (Å²) in [6, 6.07) is 0. The van der Waals surface area contributed by atoms with Crippen molar-refractivity contribution in [1.82, 2.24) is 4.90 Å². The van der Waals surface area contributed by atoms with E-state index in [2.05, 4.69) is 20.8 Å². The van der Waals surface area contributed by atoms with Crippen molar-refractivity contribution in [3.63, 3.8) is 0 Å². The molecule has 4 nitrogen and oxygen atoms in total. The van der Waals surface area contributed by atoms with Crippen LogP contribution in [-0.4, -0.2) is 35.0 Å². The predicted octanol–water partition coefficient (Wildman–Crippen LogP) is 2.14. The standard InChI is InChI=1S/C13H23NO3/c1-12(2,3)6-5-10(15)14-8-7-13(4,9-14)11(16)17/h5-9H2,1-4H3,(H,16,17). The Morgan fingerprint density at radius 1 is 1.35 bits per heavy atom. The Balaban J connectivity index is 2.49. The van der Waals surface area contributed by atoms with E-state index in [1.165, 1.54) is 0 Å². The number of carboxylic acid groups (broad SMARTS) is 1. The van der Waals surface area contributed by atoms with Crippen LogP contribution >= 0.6 is 0 Å². The molecule has 0 aromatic carbocycles. The molecular formula is C13H23NO3. The van der Waals surface area contributed by atoms with Gasteiger partial charge in [0.05, 0.1) is 5.41 Å². The normalized spacial score (nSPS) is 25.1. The summed E-state index contributed by atoms with van der Waals surface area (Å²) in [4.78, 5) is 24.7. The summed E-state index contributed by atoms with van der Waals surface area (Å²) in [5.74, 6) is -0.714. The van der Waals surface area contributed by atoms with Gasteiger partial charge in [0.25, 0.3) is 0 Å². The smallest absolute Gasteiger partial charge is 0.311 e. The Morgan fingerprint density at radius 2 is 1.94 bits per heavy atom. The van der Waals surface area contributed by atoms with Crippen molar-refractivity contribution in [3.8, 4) is 0 Å². The van der Waals surface area contributed by atoms with Crippen molar-refractivity contribution < 1.29 is 14.7 Å². The first-order valence-corrected chi connectivity index (χ1v) is 6.15. The molecule has 0 radical (unpaired) electrons. The van der Waals surface area contributed by atoms with Crippen LogP contribution in [0.5, 0.6) is 0 Å². The third-order valence-electron chi connectivity index (χ3n) is 3.43. The molecule has 1 unspecified atom stereocenters. The largest absolute Gasteiger partial charge is 0.481 e. The number of carboxylic acids is 1. The first-order chi connectivity index (χ1) is 7.64. The van der Waals surface area contributed by atoms with Gasteiger partial charge in [-0.05, 0) is 25.2 Å². The van der Waals surface area contributed by atoms with Gasteiger partial charge in [0, 0.05) is 19.5 Å². The van der Waals surface area contributed by atoms with Crippen molar-refractivity contribution in [2.75, 3.05) is 13.1 Å². The van der Waals surface area contributed by atoms with Crippen molar-refractivity contribution in [2.45, 2.75) is 47.0 Å². The molecule has 1 aliphatic rings. The Morgan fingerprint density at radius 3 is 2.35 bits per heavy atom. The molecular weight excluding hydrogens is 218 g/mol. The summed E-state index contributed by atoms with van der Waals surface area (Å²) in [5, 5.41) is 9.09. The molecule has 1 rings (SSSR count). The number of hydrogen-bond donors (Lipinski definition) is 1. The maximum atomic E-state index is 11.9. The topological polar surface area (TPSA) is 57.6 Å². The van der Waals surface area contributed by atoms with Crippen molar-refractivity contribution in [2.24, 2.45) is 10.8 Å². The third kappa shape index (κ3) is 3.72. The fourth-order valence-corrected chi connectivity index (χ4v) is 1.99. The van der Waals surface area contributed by atoms with E-state index in [1.807, 2.05) is 0 Å². The van der Waals surface area contributed by atoms with Crippen molar-refractivity contribution >= 4 is 11.9 Å². The highest BCUT2D eigenvalue weighted by Gasteiger charge is 2.41. The van der Waals surface area contributed by atoms with Crippen LogP contribution in [0.15, 0.2) is 0 Å². The Kier molecular flexibility index (Phi) is 3.84. The second-order valence-corrected chi connectivity index (χ2v) is 6.49. The summed E-state index contributed by atoms with van der Waals surface area (Å²) < 4.78 is 0. The molecule has 1 atom stereocenters. The lowest BCUT2D eigenvalue weighted by Crippen LogP contribution is -2.35. The van der Waals surface area contributed by atoms with Gasteiger partial charge in [-0.1, -0.05) is 20.8 Å². The summed E-state index contributed by atoms with van der Waals surface area (Å²) in [6.45, 7) is 8.95. The van der Waals surface area contributed by atoms with Gasteiger partial charge < -0.3 is 10.0 Å². The molecule has 1 aliphatic heterocycles. The molecule has 4 heteroatoms. The fraction of sp³-hybridized carbons (Fsp3) is 0.846. The van der Waals surface area contributed by atoms with E-state index in [-0.39, 0.29) is 11.3 Å². The van der Waals surface area contributed by atoms with E-state index in [9.17, 15) is 9.59 Å². The van der Waals surface area contributed by atoms with Crippen molar-refractivity contribution in [3.05, 3.63) is 0 Å². The summed E-state index contributed by atoms with van der Waals surface area (Å²) in [6.07, 6.45) is 1.91.